The maximum absolute atomic E-state index is 12.3. The first-order chi connectivity index (χ1) is 12.0. The molecule has 1 aromatic carbocycles. The van der Waals surface area contributed by atoms with Gasteiger partial charge in [-0.3, -0.25) is 4.79 Å². The second kappa shape index (κ2) is 7.85. The summed E-state index contributed by atoms with van der Waals surface area (Å²) in [6.45, 7) is 4.29. The molecule has 5 heteroatoms. The average Bonchev–Trinajstić information content (AvgIpc) is 3.18. The van der Waals surface area contributed by atoms with E-state index >= 15 is 0 Å². The van der Waals surface area contributed by atoms with Gasteiger partial charge in [-0.25, -0.2) is 0 Å². The minimum absolute atomic E-state index is 0.00994. The van der Waals surface area contributed by atoms with E-state index in [4.69, 9.17) is 9.15 Å². The molecular weight excluding hydrogens is 400 g/mol. The number of rotatable bonds is 6. The number of carbonyl (C=O) groups is 1. The summed E-state index contributed by atoms with van der Waals surface area (Å²) in [6.07, 6.45) is 3.24. The lowest BCUT2D eigenvalue weighted by atomic mass is 10.1. The van der Waals surface area contributed by atoms with Crippen LogP contribution < -0.4 is 4.74 Å². The van der Waals surface area contributed by atoms with Gasteiger partial charge >= 0.3 is 0 Å². The largest absolute Gasteiger partial charge is 0.484 e. The predicted octanol–water partition coefficient (Wildman–Crippen LogP) is 6.20. The topological polar surface area (TPSA) is 39.4 Å². The zero-order valence-corrected chi connectivity index (χ0v) is 16.3. The molecule has 0 atom stereocenters. The number of allylic oxidation sites excluding steroid dienone is 1. The fourth-order valence-corrected chi connectivity index (χ4v) is 3.72. The number of halogens is 1. The first-order valence-corrected chi connectivity index (χ1v) is 9.39. The molecule has 0 saturated carbocycles. The molecule has 2 aromatic heterocycles. The maximum atomic E-state index is 12.3. The fraction of sp³-hybridized carbons (Fsp3) is 0.150. The third kappa shape index (κ3) is 4.50. The number of ether oxygens (including phenoxy) is 1. The zero-order chi connectivity index (χ0) is 17.8. The summed E-state index contributed by atoms with van der Waals surface area (Å²) in [4.78, 5) is 14.4. The molecule has 0 spiro atoms. The van der Waals surface area contributed by atoms with Crippen LogP contribution >= 0.6 is 27.3 Å². The molecule has 0 amide bonds. The second-order valence-corrected chi connectivity index (χ2v) is 7.86. The van der Waals surface area contributed by atoms with Crippen molar-refractivity contribution in [2.75, 3.05) is 0 Å². The molecule has 3 nitrogen and oxygen atoms in total. The number of benzene rings is 1. The molecule has 0 aliphatic heterocycles. The number of carbonyl (C=O) groups excluding carboxylic acids is 1. The van der Waals surface area contributed by atoms with Gasteiger partial charge in [-0.05, 0) is 72.3 Å². The van der Waals surface area contributed by atoms with Crippen molar-refractivity contribution in [2.45, 2.75) is 20.5 Å². The summed E-state index contributed by atoms with van der Waals surface area (Å²) in [7, 11) is 0. The fourth-order valence-electron chi connectivity index (χ4n) is 2.40. The SMILES string of the molecule is Cc1cc(C(=O)/C=C/c2ccc(COc3ccccc3Br)o2)c(C)s1. The monoisotopic (exact) mass is 416 g/mol. The van der Waals surface area contributed by atoms with Crippen LogP contribution in [0.1, 0.15) is 31.6 Å². The van der Waals surface area contributed by atoms with E-state index in [2.05, 4.69) is 15.9 Å². The summed E-state index contributed by atoms with van der Waals surface area (Å²) in [5.74, 6) is 2.08. The molecule has 0 unspecified atom stereocenters. The van der Waals surface area contributed by atoms with Crippen LogP contribution in [0.4, 0.5) is 0 Å². The van der Waals surface area contributed by atoms with Crippen molar-refractivity contribution in [1.82, 2.24) is 0 Å². The molecule has 0 N–H and O–H groups in total. The Morgan fingerprint density at radius 3 is 2.76 bits per heavy atom. The van der Waals surface area contributed by atoms with E-state index in [-0.39, 0.29) is 5.78 Å². The first-order valence-electron chi connectivity index (χ1n) is 7.78. The van der Waals surface area contributed by atoms with Gasteiger partial charge in [0, 0.05) is 15.3 Å². The Bertz CT molecular complexity index is 921. The highest BCUT2D eigenvalue weighted by Crippen LogP contribution is 2.25. The van der Waals surface area contributed by atoms with Crippen molar-refractivity contribution in [3.05, 3.63) is 79.9 Å². The minimum atomic E-state index is -0.00994. The van der Waals surface area contributed by atoms with E-state index in [1.54, 1.807) is 23.5 Å². The summed E-state index contributed by atoms with van der Waals surface area (Å²) in [6, 6.07) is 13.3. The normalized spacial score (nSPS) is 11.2. The standard InChI is InChI=1S/C20H17BrO3S/c1-13-11-17(14(2)25-13)19(22)10-9-15-7-8-16(24-15)12-23-20-6-4-3-5-18(20)21/h3-11H,12H2,1-2H3/b10-9+. The van der Waals surface area contributed by atoms with E-state index in [0.717, 1.165) is 25.5 Å². The van der Waals surface area contributed by atoms with E-state index in [1.165, 1.54) is 0 Å². The highest BCUT2D eigenvalue weighted by molar-refractivity contribution is 9.10. The molecule has 128 valence electrons. The molecule has 25 heavy (non-hydrogen) atoms. The van der Waals surface area contributed by atoms with Crippen molar-refractivity contribution in [3.8, 4) is 5.75 Å². The van der Waals surface area contributed by atoms with Crippen molar-refractivity contribution in [3.63, 3.8) is 0 Å². The van der Waals surface area contributed by atoms with Crippen LogP contribution in [-0.4, -0.2) is 5.78 Å². The molecule has 0 aliphatic rings. The number of thiophene rings is 1. The number of hydrogen-bond acceptors (Lipinski definition) is 4. The summed E-state index contributed by atoms with van der Waals surface area (Å²) in [5.41, 5.74) is 0.753. The lowest BCUT2D eigenvalue weighted by Crippen LogP contribution is -1.94. The molecule has 0 bridgehead atoms. The van der Waals surface area contributed by atoms with Crippen molar-refractivity contribution < 1.29 is 13.9 Å². The zero-order valence-electron chi connectivity index (χ0n) is 13.9. The Morgan fingerprint density at radius 2 is 2.04 bits per heavy atom. The molecule has 0 fully saturated rings. The van der Waals surface area contributed by atoms with Crippen molar-refractivity contribution in [2.24, 2.45) is 0 Å². The molecule has 0 saturated heterocycles. The highest BCUT2D eigenvalue weighted by Gasteiger charge is 2.09. The van der Waals surface area contributed by atoms with E-state index in [0.29, 0.717) is 18.1 Å². The molecule has 3 aromatic rings. The molecule has 3 rings (SSSR count). The minimum Gasteiger partial charge on any atom is -0.484 e. The van der Waals surface area contributed by atoms with Gasteiger partial charge in [0.15, 0.2) is 5.78 Å². The van der Waals surface area contributed by atoms with E-state index < -0.39 is 0 Å². The van der Waals surface area contributed by atoms with Gasteiger partial charge in [0.05, 0.1) is 4.47 Å². The van der Waals surface area contributed by atoms with Gasteiger partial charge in [0.25, 0.3) is 0 Å². The van der Waals surface area contributed by atoms with Crippen LogP contribution in [0.25, 0.3) is 6.08 Å². The van der Waals surface area contributed by atoms with E-state index in [1.807, 2.05) is 56.3 Å². The van der Waals surface area contributed by atoms with Gasteiger partial charge in [-0.2, -0.15) is 0 Å². The number of furan rings is 1. The van der Waals surface area contributed by atoms with Crippen LogP contribution in [-0.2, 0) is 6.61 Å². The average molecular weight is 417 g/mol. The quantitative estimate of drug-likeness (QED) is 0.354. The smallest absolute Gasteiger partial charge is 0.187 e. The second-order valence-electron chi connectivity index (χ2n) is 5.55. The van der Waals surface area contributed by atoms with Crippen LogP contribution in [0.15, 0.2) is 57.4 Å². The number of para-hydroxylation sites is 1. The van der Waals surface area contributed by atoms with Gasteiger partial charge in [-0.1, -0.05) is 12.1 Å². The van der Waals surface area contributed by atoms with Gasteiger partial charge < -0.3 is 9.15 Å². The lowest BCUT2D eigenvalue weighted by molar-refractivity contribution is 0.104. The Morgan fingerprint density at radius 1 is 1.24 bits per heavy atom. The van der Waals surface area contributed by atoms with Gasteiger partial charge in [0.1, 0.15) is 23.9 Å². The third-order valence-corrected chi connectivity index (χ3v) is 5.22. The van der Waals surface area contributed by atoms with Crippen LogP contribution in [0, 0.1) is 13.8 Å². The third-order valence-electron chi connectivity index (χ3n) is 3.59. The van der Waals surface area contributed by atoms with Crippen molar-refractivity contribution >= 4 is 39.1 Å². The Labute approximate surface area is 159 Å². The predicted molar refractivity (Wildman–Crippen MR) is 104 cm³/mol. The first kappa shape index (κ1) is 17.7. The Hall–Kier alpha value is -2.11. The van der Waals surface area contributed by atoms with Gasteiger partial charge in [0.2, 0.25) is 0 Å². The lowest BCUT2D eigenvalue weighted by Gasteiger charge is -2.05. The summed E-state index contributed by atoms with van der Waals surface area (Å²) < 4.78 is 12.3. The number of ketones is 1. The Balaban J connectivity index is 1.62. The van der Waals surface area contributed by atoms with Crippen LogP contribution in [0.2, 0.25) is 0 Å². The molecule has 2 heterocycles. The van der Waals surface area contributed by atoms with Crippen molar-refractivity contribution in [1.29, 1.82) is 0 Å². The molecule has 0 radical (unpaired) electrons. The summed E-state index contributed by atoms with van der Waals surface area (Å²) >= 11 is 5.07. The maximum Gasteiger partial charge on any atom is 0.187 e. The van der Waals surface area contributed by atoms with Crippen LogP contribution in [0.3, 0.4) is 0 Å². The van der Waals surface area contributed by atoms with Gasteiger partial charge in [-0.15, -0.1) is 11.3 Å². The molecular formula is C20H17BrO3S. The summed E-state index contributed by atoms with van der Waals surface area (Å²) in [5, 5.41) is 0. The van der Waals surface area contributed by atoms with Crippen LogP contribution in [0.5, 0.6) is 5.75 Å². The molecule has 0 aliphatic carbocycles. The highest BCUT2D eigenvalue weighted by atomic mass is 79.9. The number of aryl methyl sites for hydroxylation is 2. The van der Waals surface area contributed by atoms with E-state index in [9.17, 15) is 4.79 Å². The Kier molecular flexibility index (Phi) is 5.56. The number of hydrogen-bond donors (Lipinski definition) is 0.